The number of amides is 1. The van der Waals surface area contributed by atoms with Crippen molar-refractivity contribution in [3.63, 3.8) is 0 Å². The summed E-state index contributed by atoms with van der Waals surface area (Å²) in [5.41, 5.74) is 1.84. The molecular formula is C17H24N4O2. The van der Waals surface area contributed by atoms with Gasteiger partial charge in [-0.25, -0.2) is 4.98 Å². The molecule has 23 heavy (non-hydrogen) atoms. The van der Waals surface area contributed by atoms with Crippen molar-refractivity contribution in [3.8, 4) is 0 Å². The second-order valence-electron chi connectivity index (χ2n) is 6.71. The van der Waals surface area contributed by atoms with Gasteiger partial charge in [-0.15, -0.1) is 0 Å². The van der Waals surface area contributed by atoms with Gasteiger partial charge in [-0.1, -0.05) is 19.0 Å². The molecule has 1 aliphatic rings. The van der Waals surface area contributed by atoms with Crippen LogP contribution in [0.4, 0.5) is 0 Å². The molecule has 1 atom stereocenters. The molecule has 0 N–H and O–H groups in total. The fourth-order valence-electron chi connectivity index (χ4n) is 3.20. The molecule has 124 valence electrons. The zero-order chi connectivity index (χ0) is 16.6. The Bertz CT molecular complexity index is 701. The van der Waals surface area contributed by atoms with Crippen LogP contribution in [-0.4, -0.2) is 38.6 Å². The van der Waals surface area contributed by atoms with Gasteiger partial charge in [0.05, 0.1) is 11.4 Å². The van der Waals surface area contributed by atoms with Crippen LogP contribution in [0.3, 0.4) is 0 Å². The van der Waals surface area contributed by atoms with E-state index in [-0.39, 0.29) is 17.7 Å². The van der Waals surface area contributed by atoms with Crippen molar-refractivity contribution in [2.75, 3.05) is 13.1 Å². The number of aromatic nitrogens is 3. The second-order valence-corrected chi connectivity index (χ2v) is 6.71. The predicted molar refractivity (Wildman–Crippen MR) is 86.4 cm³/mol. The average Bonchev–Trinajstić information content (AvgIpc) is 3.13. The highest BCUT2D eigenvalue weighted by atomic mass is 16.5. The molecular weight excluding hydrogens is 292 g/mol. The van der Waals surface area contributed by atoms with E-state index in [4.69, 9.17) is 4.52 Å². The number of imidazole rings is 1. The summed E-state index contributed by atoms with van der Waals surface area (Å²) in [6.07, 6.45) is 4.07. The minimum Gasteiger partial charge on any atom is -0.351 e. The van der Waals surface area contributed by atoms with Crippen molar-refractivity contribution in [2.45, 2.75) is 45.4 Å². The maximum atomic E-state index is 12.7. The molecule has 6 nitrogen and oxygen atoms in total. The molecule has 0 bridgehead atoms. The van der Waals surface area contributed by atoms with Gasteiger partial charge in [-0.3, -0.25) is 4.79 Å². The van der Waals surface area contributed by atoms with Crippen LogP contribution in [0.5, 0.6) is 0 Å². The first-order valence-corrected chi connectivity index (χ1v) is 8.21. The molecule has 0 spiro atoms. The van der Waals surface area contributed by atoms with Crippen molar-refractivity contribution >= 4 is 5.91 Å². The Hall–Kier alpha value is -2.11. The Kier molecular flexibility index (Phi) is 4.24. The number of piperidine rings is 1. The van der Waals surface area contributed by atoms with E-state index in [1.54, 1.807) is 6.07 Å². The van der Waals surface area contributed by atoms with Gasteiger partial charge in [0.2, 0.25) is 5.76 Å². The minimum absolute atomic E-state index is 0.0694. The second kappa shape index (κ2) is 6.18. The number of carbonyl (C=O) groups is 1. The Morgan fingerprint density at radius 1 is 1.43 bits per heavy atom. The van der Waals surface area contributed by atoms with E-state index in [0.29, 0.717) is 12.3 Å². The predicted octanol–water partition coefficient (Wildman–Crippen LogP) is 2.86. The molecule has 1 amide bonds. The lowest BCUT2D eigenvalue weighted by Crippen LogP contribution is -2.39. The molecule has 1 saturated heterocycles. The summed E-state index contributed by atoms with van der Waals surface area (Å²) in [4.78, 5) is 19.1. The van der Waals surface area contributed by atoms with Gasteiger partial charge in [0.15, 0.2) is 0 Å². The van der Waals surface area contributed by atoms with Crippen LogP contribution in [-0.2, 0) is 7.05 Å². The summed E-state index contributed by atoms with van der Waals surface area (Å²) < 4.78 is 7.32. The smallest absolute Gasteiger partial charge is 0.292 e. The summed E-state index contributed by atoms with van der Waals surface area (Å²) in [6.45, 7) is 7.51. The lowest BCUT2D eigenvalue weighted by Gasteiger charge is -2.31. The van der Waals surface area contributed by atoms with Crippen molar-refractivity contribution < 1.29 is 9.32 Å². The van der Waals surface area contributed by atoms with Crippen molar-refractivity contribution in [1.82, 2.24) is 19.6 Å². The molecule has 0 aliphatic carbocycles. The number of nitrogens with zero attached hydrogens (tertiary/aromatic N) is 4. The maximum Gasteiger partial charge on any atom is 0.292 e. The topological polar surface area (TPSA) is 64.2 Å². The number of rotatable bonds is 3. The average molecular weight is 316 g/mol. The zero-order valence-corrected chi connectivity index (χ0v) is 14.2. The Morgan fingerprint density at radius 3 is 2.83 bits per heavy atom. The van der Waals surface area contributed by atoms with Crippen molar-refractivity contribution in [2.24, 2.45) is 7.05 Å². The molecule has 1 aliphatic heterocycles. The van der Waals surface area contributed by atoms with Crippen LogP contribution in [0.2, 0.25) is 0 Å². The highest BCUT2D eigenvalue weighted by Gasteiger charge is 2.29. The minimum atomic E-state index is -0.0694. The van der Waals surface area contributed by atoms with Crippen LogP contribution in [0, 0.1) is 6.92 Å². The molecule has 0 unspecified atom stereocenters. The number of hydrogen-bond acceptors (Lipinski definition) is 4. The van der Waals surface area contributed by atoms with Crippen LogP contribution >= 0.6 is 0 Å². The number of hydrogen-bond donors (Lipinski definition) is 0. The number of likely N-dealkylation sites (tertiary alicyclic amines) is 1. The van der Waals surface area contributed by atoms with Gasteiger partial charge >= 0.3 is 0 Å². The lowest BCUT2D eigenvalue weighted by atomic mass is 9.97. The van der Waals surface area contributed by atoms with Gasteiger partial charge in [0.25, 0.3) is 5.91 Å². The third-order valence-corrected chi connectivity index (χ3v) is 4.44. The Balaban J connectivity index is 1.75. The standard InChI is InChI=1S/C17H24N4O2/c1-11(2)14-8-15(23-19-14)17(22)21-7-5-6-13(10-21)16-18-12(3)9-20(16)4/h8-9,11,13H,5-7,10H2,1-4H3/t13-/m1/s1. The third-order valence-electron chi connectivity index (χ3n) is 4.44. The van der Waals surface area contributed by atoms with Gasteiger partial charge in [0.1, 0.15) is 5.82 Å². The maximum absolute atomic E-state index is 12.7. The van der Waals surface area contributed by atoms with E-state index in [1.807, 2.05) is 38.9 Å². The first-order chi connectivity index (χ1) is 11.0. The van der Waals surface area contributed by atoms with E-state index in [9.17, 15) is 4.79 Å². The normalized spacial score (nSPS) is 18.7. The van der Waals surface area contributed by atoms with Gasteiger partial charge in [0, 0.05) is 38.3 Å². The lowest BCUT2D eigenvalue weighted by molar-refractivity contribution is 0.0661. The largest absolute Gasteiger partial charge is 0.351 e. The fraction of sp³-hybridized carbons (Fsp3) is 0.588. The van der Waals surface area contributed by atoms with E-state index in [1.165, 1.54) is 0 Å². The van der Waals surface area contributed by atoms with Crippen molar-refractivity contribution in [1.29, 1.82) is 0 Å². The Labute approximate surface area is 136 Å². The molecule has 2 aromatic rings. The molecule has 3 heterocycles. The van der Waals surface area contributed by atoms with Crippen LogP contribution in [0.1, 0.15) is 66.3 Å². The quantitative estimate of drug-likeness (QED) is 0.873. The van der Waals surface area contributed by atoms with Crippen LogP contribution in [0.15, 0.2) is 16.8 Å². The Morgan fingerprint density at radius 2 is 2.22 bits per heavy atom. The van der Waals surface area contributed by atoms with E-state index < -0.39 is 0 Å². The first kappa shape index (κ1) is 15.8. The van der Waals surface area contributed by atoms with Gasteiger partial charge in [-0.2, -0.15) is 0 Å². The number of carbonyl (C=O) groups excluding carboxylic acids is 1. The summed E-state index contributed by atoms with van der Waals surface area (Å²) in [6, 6.07) is 1.77. The summed E-state index contributed by atoms with van der Waals surface area (Å²) in [7, 11) is 2.02. The zero-order valence-electron chi connectivity index (χ0n) is 14.2. The SMILES string of the molecule is Cc1cn(C)c([C@@H]2CCCN(C(=O)c3cc(C(C)C)no3)C2)n1. The van der Waals surface area contributed by atoms with Gasteiger partial charge in [-0.05, 0) is 25.7 Å². The van der Waals surface area contributed by atoms with E-state index in [0.717, 1.165) is 36.6 Å². The molecule has 6 heteroatoms. The monoisotopic (exact) mass is 316 g/mol. The molecule has 1 fully saturated rings. The fourth-order valence-corrected chi connectivity index (χ4v) is 3.20. The molecule has 0 aromatic carbocycles. The van der Waals surface area contributed by atoms with E-state index >= 15 is 0 Å². The summed E-state index contributed by atoms with van der Waals surface area (Å²) in [5, 5.41) is 3.99. The van der Waals surface area contributed by atoms with Crippen molar-refractivity contribution in [3.05, 3.63) is 35.2 Å². The van der Waals surface area contributed by atoms with E-state index in [2.05, 4.69) is 14.7 Å². The van der Waals surface area contributed by atoms with Crippen LogP contribution in [0.25, 0.3) is 0 Å². The number of aryl methyl sites for hydroxylation is 2. The van der Waals surface area contributed by atoms with Crippen LogP contribution < -0.4 is 0 Å². The summed E-state index contributed by atoms with van der Waals surface area (Å²) >= 11 is 0. The molecule has 0 radical (unpaired) electrons. The molecule has 2 aromatic heterocycles. The molecule has 0 saturated carbocycles. The molecule has 3 rings (SSSR count). The highest BCUT2D eigenvalue weighted by molar-refractivity contribution is 5.91. The van der Waals surface area contributed by atoms with Gasteiger partial charge < -0.3 is 14.0 Å². The third kappa shape index (κ3) is 3.16. The first-order valence-electron chi connectivity index (χ1n) is 8.21. The summed E-state index contributed by atoms with van der Waals surface area (Å²) in [5.74, 6) is 1.86. The highest BCUT2D eigenvalue weighted by Crippen LogP contribution is 2.27.